The summed E-state index contributed by atoms with van der Waals surface area (Å²) in [6.45, 7) is 3.61. The lowest BCUT2D eigenvalue weighted by Crippen LogP contribution is -2.30. The first-order valence-electron chi connectivity index (χ1n) is 9.27. The minimum Gasteiger partial charge on any atom is -0.500 e. The maximum absolute atomic E-state index is 14.6. The molecule has 1 amide bonds. The molecule has 0 bridgehead atoms. The van der Waals surface area contributed by atoms with E-state index in [9.17, 15) is 17.6 Å². The number of sulfonamides is 1. The molecule has 1 aliphatic heterocycles. The van der Waals surface area contributed by atoms with Crippen LogP contribution in [0.2, 0.25) is 5.02 Å². The van der Waals surface area contributed by atoms with Crippen molar-refractivity contribution in [1.82, 2.24) is 9.71 Å². The fraction of sp³-hybridized carbons (Fsp3) is 0.286. The van der Waals surface area contributed by atoms with Gasteiger partial charge in [-0.3, -0.25) is 14.8 Å². The Morgan fingerprint density at radius 2 is 2.00 bits per heavy atom. The lowest BCUT2D eigenvalue weighted by molar-refractivity contribution is 0.0977. The third-order valence-electron chi connectivity index (χ3n) is 4.90. The molecule has 2 heterocycles. The highest BCUT2D eigenvalue weighted by molar-refractivity contribution is 7.89. The molecule has 3 rings (SSSR count). The number of methoxy groups -OCH3 is 1. The van der Waals surface area contributed by atoms with Gasteiger partial charge in [0.25, 0.3) is 5.91 Å². The van der Waals surface area contributed by atoms with Gasteiger partial charge in [0.2, 0.25) is 10.0 Å². The van der Waals surface area contributed by atoms with Crippen molar-refractivity contribution in [3.05, 3.63) is 63.9 Å². The maximum atomic E-state index is 14.6. The summed E-state index contributed by atoms with van der Waals surface area (Å²) in [5.74, 6) is -1.46. The van der Waals surface area contributed by atoms with E-state index in [2.05, 4.69) is 9.98 Å². The molecule has 0 saturated heterocycles. The van der Waals surface area contributed by atoms with Gasteiger partial charge in [0.15, 0.2) is 0 Å². The maximum Gasteiger partial charge on any atom is 0.267 e. The van der Waals surface area contributed by atoms with Crippen LogP contribution in [-0.4, -0.2) is 44.9 Å². The molecule has 1 aromatic heterocycles. The molecule has 7 nitrogen and oxygen atoms in total. The monoisotopic (exact) mass is 465 g/mol. The summed E-state index contributed by atoms with van der Waals surface area (Å²) >= 11 is 6.52. The Hall–Kier alpha value is -2.78. The van der Waals surface area contributed by atoms with Gasteiger partial charge >= 0.3 is 0 Å². The molecular formula is C21H21ClFN3O4S. The van der Waals surface area contributed by atoms with Crippen molar-refractivity contribution in [1.29, 1.82) is 0 Å². The van der Waals surface area contributed by atoms with Gasteiger partial charge in [-0.05, 0) is 49.2 Å². The summed E-state index contributed by atoms with van der Waals surface area (Å²) in [5.41, 5.74) is 1.80. The predicted octanol–water partition coefficient (Wildman–Crippen LogP) is 3.63. The summed E-state index contributed by atoms with van der Waals surface area (Å²) in [6, 6.07) is 3.99. The highest BCUT2D eigenvalue weighted by atomic mass is 35.5. The van der Waals surface area contributed by atoms with Gasteiger partial charge in [0.1, 0.15) is 11.6 Å². The van der Waals surface area contributed by atoms with Crippen LogP contribution in [0, 0.1) is 12.7 Å². The van der Waals surface area contributed by atoms with E-state index in [0.29, 0.717) is 33.2 Å². The summed E-state index contributed by atoms with van der Waals surface area (Å²) < 4.78 is 44.4. The highest BCUT2D eigenvalue weighted by Crippen LogP contribution is 2.37. The van der Waals surface area contributed by atoms with Crippen molar-refractivity contribution in [3.8, 4) is 11.1 Å². The van der Waals surface area contributed by atoms with E-state index in [1.54, 1.807) is 43.3 Å². The summed E-state index contributed by atoms with van der Waals surface area (Å²) in [5, 5.41) is 0.369. The molecule has 31 heavy (non-hydrogen) atoms. The molecule has 2 atom stereocenters. The van der Waals surface area contributed by atoms with Gasteiger partial charge in [0.05, 0.1) is 41.6 Å². The molecule has 1 aliphatic rings. The van der Waals surface area contributed by atoms with Crippen molar-refractivity contribution < 1.29 is 22.3 Å². The summed E-state index contributed by atoms with van der Waals surface area (Å²) in [6.07, 6.45) is 5.83. The number of carbonyl (C=O) groups excluding carboxylic acids is 1. The second-order valence-corrected chi connectivity index (χ2v) is 9.39. The van der Waals surface area contributed by atoms with Crippen molar-refractivity contribution in [2.24, 2.45) is 4.99 Å². The molecule has 0 spiro atoms. The third-order valence-corrected chi connectivity index (χ3v) is 5.76. The second kappa shape index (κ2) is 8.76. The Kier molecular flexibility index (Phi) is 6.47. The minimum absolute atomic E-state index is 0.123. The van der Waals surface area contributed by atoms with Gasteiger partial charge in [-0.1, -0.05) is 11.6 Å². The second-order valence-electron chi connectivity index (χ2n) is 7.23. The standard InChI is InChI=1S/C21H21ClFN3O4S/c1-11-7-15(21(27)26-31(4,28)29)17(23)9-14(11)13-8-16(22)20(25-10-13)19-12(2)24-6-5-18(19)30-3/h5-10,12,19H,1-4H3,(H,26,27)/t12-,19?/m0/s1. The van der Waals surface area contributed by atoms with E-state index in [-0.39, 0.29) is 17.5 Å². The zero-order valence-corrected chi connectivity index (χ0v) is 18.9. The Labute approximate surface area is 185 Å². The number of hydrogen-bond acceptors (Lipinski definition) is 6. The number of allylic oxidation sites excluding steroid dienone is 1. The van der Waals surface area contributed by atoms with Crippen LogP contribution in [0.25, 0.3) is 11.1 Å². The van der Waals surface area contributed by atoms with Gasteiger partial charge in [0, 0.05) is 18.0 Å². The van der Waals surface area contributed by atoms with Crippen LogP contribution in [0.15, 0.2) is 41.2 Å². The zero-order valence-electron chi connectivity index (χ0n) is 17.3. The largest absolute Gasteiger partial charge is 0.500 e. The molecule has 164 valence electrons. The minimum atomic E-state index is -3.81. The van der Waals surface area contributed by atoms with Gasteiger partial charge in [-0.15, -0.1) is 0 Å². The van der Waals surface area contributed by atoms with Crippen LogP contribution in [0.1, 0.15) is 34.5 Å². The number of aryl methyl sites for hydroxylation is 1. The van der Waals surface area contributed by atoms with E-state index in [1.165, 1.54) is 6.07 Å². The predicted molar refractivity (Wildman–Crippen MR) is 117 cm³/mol. The van der Waals surface area contributed by atoms with E-state index in [1.807, 2.05) is 6.92 Å². The molecule has 0 radical (unpaired) electrons. The first-order chi connectivity index (χ1) is 14.5. The Morgan fingerprint density at radius 1 is 1.29 bits per heavy atom. The highest BCUT2D eigenvalue weighted by Gasteiger charge is 2.29. The molecule has 0 saturated carbocycles. The summed E-state index contributed by atoms with van der Waals surface area (Å²) in [4.78, 5) is 20.9. The topological polar surface area (TPSA) is 97.7 Å². The average Bonchev–Trinajstić information content (AvgIpc) is 2.68. The third kappa shape index (κ3) is 4.94. The molecule has 0 fully saturated rings. The fourth-order valence-electron chi connectivity index (χ4n) is 3.45. The number of benzene rings is 1. The molecule has 2 aromatic rings. The van der Waals surface area contributed by atoms with Crippen LogP contribution >= 0.6 is 11.6 Å². The number of halogens is 2. The van der Waals surface area contributed by atoms with Crippen LogP contribution in [0.4, 0.5) is 4.39 Å². The number of hydrogen-bond donors (Lipinski definition) is 1. The fourth-order valence-corrected chi connectivity index (χ4v) is 4.18. The lowest BCUT2D eigenvalue weighted by Gasteiger charge is -2.26. The van der Waals surface area contributed by atoms with Crippen molar-refractivity contribution in [2.45, 2.75) is 25.8 Å². The number of amides is 1. The first-order valence-corrected chi connectivity index (χ1v) is 11.5. The first kappa shape index (κ1) is 22.9. The zero-order chi connectivity index (χ0) is 22.9. The van der Waals surface area contributed by atoms with E-state index >= 15 is 0 Å². The SMILES string of the molecule is COC1=CC=N[C@@H](C)C1c1ncc(-c2cc(F)c(C(=O)NS(C)(=O)=O)cc2C)cc1Cl. The Bertz CT molecular complexity index is 1210. The smallest absolute Gasteiger partial charge is 0.267 e. The van der Waals surface area contributed by atoms with Crippen LogP contribution < -0.4 is 4.72 Å². The Morgan fingerprint density at radius 3 is 2.61 bits per heavy atom. The molecule has 0 aliphatic carbocycles. The number of rotatable bonds is 5. The molecule has 1 N–H and O–H groups in total. The van der Waals surface area contributed by atoms with E-state index < -0.39 is 21.7 Å². The van der Waals surface area contributed by atoms with Crippen molar-refractivity contribution in [2.75, 3.05) is 13.4 Å². The lowest BCUT2D eigenvalue weighted by atomic mass is 9.91. The van der Waals surface area contributed by atoms with Gasteiger partial charge in [-0.25, -0.2) is 17.5 Å². The average molecular weight is 466 g/mol. The number of aromatic nitrogens is 1. The molecule has 1 aromatic carbocycles. The molecule has 1 unspecified atom stereocenters. The Balaban J connectivity index is 1.98. The van der Waals surface area contributed by atoms with Crippen LogP contribution in [0.5, 0.6) is 0 Å². The van der Waals surface area contributed by atoms with Crippen LogP contribution in [-0.2, 0) is 14.8 Å². The molecule has 10 heteroatoms. The number of aliphatic imine (C=N–C) groups is 1. The van der Waals surface area contributed by atoms with E-state index in [0.717, 1.165) is 12.3 Å². The number of ether oxygens (including phenoxy) is 1. The summed E-state index contributed by atoms with van der Waals surface area (Å²) in [7, 11) is -2.24. The number of carbonyl (C=O) groups is 1. The van der Waals surface area contributed by atoms with Crippen LogP contribution in [0.3, 0.4) is 0 Å². The van der Waals surface area contributed by atoms with Crippen molar-refractivity contribution >= 4 is 33.7 Å². The quantitative estimate of drug-likeness (QED) is 0.727. The van der Waals surface area contributed by atoms with E-state index in [4.69, 9.17) is 16.3 Å². The van der Waals surface area contributed by atoms with Gasteiger partial charge < -0.3 is 4.74 Å². The van der Waals surface area contributed by atoms with Gasteiger partial charge in [-0.2, -0.15) is 0 Å². The van der Waals surface area contributed by atoms with Crippen molar-refractivity contribution in [3.63, 3.8) is 0 Å². The normalized spacial score (nSPS) is 18.5. The number of dihydropyridines is 1. The number of pyridine rings is 1. The number of nitrogens with one attached hydrogen (secondary N) is 1. The number of nitrogens with zero attached hydrogens (tertiary/aromatic N) is 2. The molecular weight excluding hydrogens is 445 g/mol.